The van der Waals surface area contributed by atoms with Crippen molar-refractivity contribution >= 4 is 17.3 Å². The Morgan fingerprint density at radius 3 is 2.60 bits per heavy atom. The number of nitrogens with zero attached hydrogens (tertiary/aromatic N) is 3. The first-order valence-electron chi connectivity index (χ1n) is 9.11. The molecule has 2 aromatic rings. The molecule has 1 aliphatic heterocycles. The maximum Gasteiger partial charge on any atom is 0.193 e. The number of rotatable bonds is 4. The molecule has 2 fully saturated rings. The molecule has 132 valence electrons. The van der Waals surface area contributed by atoms with Crippen LogP contribution in [-0.2, 0) is 6.54 Å². The van der Waals surface area contributed by atoms with Crippen molar-refractivity contribution in [3.63, 3.8) is 0 Å². The van der Waals surface area contributed by atoms with Crippen molar-refractivity contribution in [2.24, 2.45) is 4.99 Å². The van der Waals surface area contributed by atoms with Gasteiger partial charge in [0.25, 0.3) is 0 Å². The van der Waals surface area contributed by atoms with Crippen molar-refractivity contribution in [1.29, 1.82) is 0 Å². The summed E-state index contributed by atoms with van der Waals surface area (Å²) in [6.45, 7) is 5.38. The van der Waals surface area contributed by atoms with Crippen LogP contribution < -0.4 is 5.32 Å². The number of nitrogens with one attached hydrogen (secondary N) is 1. The second kappa shape index (κ2) is 7.58. The van der Waals surface area contributed by atoms with Crippen LogP contribution in [-0.4, -0.2) is 55.0 Å². The summed E-state index contributed by atoms with van der Waals surface area (Å²) in [7, 11) is 1.90. The third kappa shape index (κ3) is 4.05. The normalized spacial score (nSPS) is 24.4. The van der Waals surface area contributed by atoms with Gasteiger partial charge in [0.2, 0.25) is 0 Å². The highest BCUT2D eigenvalue weighted by atomic mass is 32.1. The Hall–Kier alpha value is -1.85. The van der Waals surface area contributed by atoms with Gasteiger partial charge in [-0.05, 0) is 23.4 Å². The van der Waals surface area contributed by atoms with E-state index in [4.69, 9.17) is 0 Å². The van der Waals surface area contributed by atoms with Crippen LogP contribution in [0, 0.1) is 0 Å². The van der Waals surface area contributed by atoms with E-state index >= 15 is 0 Å². The van der Waals surface area contributed by atoms with Gasteiger partial charge in [-0.25, -0.2) is 0 Å². The maximum absolute atomic E-state index is 4.54. The van der Waals surface area contributed by atoms with E-state index in [1.807, 2.05) is 18.4 Å². The average Bonchev–Trinajstić information content (AvgIpc) is 3.25. The van der Waals surface area contributed by atoms with E-state index in [0.29, 0.717) is 12.0 Å². The monoisotopic (exact) mass is 354 g/mol. The minimum absolute atomic E-state index is 0.533. The molecule has 0 radical (unpaired) electrons. The molecule has 4 rings (SSSR count). The summed E-state index contributed by atoms with van der Waals surface area (Å²) in [6, 6.07) is 15.7. The molecule has 1 aromatic carbocycles. The van der Waals surface area contributed by atoms with Crippen LogP contribution in [0.15, 0.2) is 52.8 Å². The number of benzene rings is 1. The molecular formula is C20H26N4S. The van der Waals surface area contributed by atoms with E-state index in [9.17, 15) is 0 Å². The SMILES string of the molecule is CN=C(NC1CC1c1ccccc1)N1CCN(Cc2cccs2)CC1. The number of thiophene rings is 1. The molecule has 2 heterocycles. The molecule has 4 nitrogen and oxygen atoms in total. The van der Waals surface area contributed by atoms with E-state index in [0.717, 1.165) is 38.7 Å². The van der Waals surface area contributed by atoms with E-state index < -0.39 is 0 Å². The first-order valence-corrected chi connectivity index (χ1v) is 9.99. The summed E-state index contributed by atoms with van der Waals surface area (Å²) in [5.74, 6) is 1.71. The Morgan fingerprint density at radius 1 is 1.12 bits per heavy atom. The van der Waals surface area contributed by atoms with Crippen LogP contribution in [0.5, 0.6) is 0 Å². The highest BCUT2D eigenvalue weighted by Crippen LogP contribution is 2.40. The van der Waals surface area contributed by atoms with Crippen molar-refractivity contribution < 1.29 is 0 Å². The van der Waals surface area contributed by atoms with E-state index in [1.54, 1.807) is 0 Å². The summed E-state index contributed by atoms with van der Waals surface area (Å²) < 4.78 is 0. The zero-order valence-electron chi connectivity index (χ0n) is 14.8. The summed E-state index contributed by atoms with van der Waals surface area (Å²) in [6.07, 6.45) is 1.21. The summed E-state index contributed by atoms with van der Waals surface area (Å²) >= 11 is 1.85. The minimum atomic E-state index is 0.533. The van der Waals surface area contributed by atoms with Gasteiger partial charge in [0.15, 0.2) is 5.96 Å². The fourth-order valence-electron chi connectivity index (χ4n) is 3.63. The number of piperazine rings is 1. The van der Waals surface area contributed by atoms with Gasteiger partial charge in [0.1, 0.15) is 0 Å². The number of hydrogen-bond acceptors (Lipinski definition) is 3. The summed E-state index contributed by atoms with van der Waals surface area (Å²) in [5, 5.41) is 5.84. The Bertz CT molecular complexity index is 690. The minimum Gasteiger partial charge on any atom is -0.353 e. The lowest BCUT2D eigenvalue weighted by molar-refractivity contribution is 0.173. The maximum atomic E-state index is 4.54. The summed E-state index contributed by atoms with van der Waals surface area (Å²) in [4.78, 5) is 10.9. The highest BCUT2D eigenvalue weighted by Gasteiger charge is 2.39. The van der Waals surface area contributed by atoms with Gasteiger partial charge in [-0.2, -0.15) is 0 Å². The van der Waals surface area contributed by atoms with Crippen molar-refractivity contribution in [3.8, 4) is 0 Å². The largest absolute Gasteiger partial charge is 0.353 e. The van der Waals surface area contributed by atoms with Gasteiger partial charge < -0.3 is 10.2 Å². The molecule has 1 aromatic heterocycles. The van der Waals surface area contributed by atoms with Crippen molar-refractivity contribution in [1.82, 2.24) is 15.1 Å². The molecule has 0 spiro atoms. The second-order valence-corrected chi connectivity index (χ2v) is 7.93. The van der Waals surface area contributed by atoms with E-state index in [-0.39, 0.29) is 0 Å². The highest BCUT2D eigenvalue weighted by molar-refractivity contribution is 7.09. The van der Waals surface area contributed by atoms with Gasteiger partial charge in [-0.3, -0.25) is 9.89 Å². The molecule has 1 aliphatic carbocycles. The quantitative estimate of drug-likeness (QED) is 0.676. The predicted molar refractivity (Wildman–Crippen MR) is 105 cm³/mol. The molecule has 1 saturated heterocycles. The fraction of sp³-hybridized carbons (Fsp3) is 0.450. The van der Waals surface area contributed by atoms with Crippen molar-refractivity contribution in [2.45, 2.75) is 24.9 Å². The number of hydrogen-bond donors (Lipinski definition) is 1. The zero-order valence-corrected chi connectivity index (χ0v) is 15.6. The van der Waals surface area contributed by atoms with Crippen LogP contribution in [0.3, 0.4) is 0 Å². The zero-order chi connectivity index (χ0) is 17.1. The van der Waals surface area contributed by atoms with Crippen LogP contribution >= 0.6 is 11.3 Å². The molecular weight excluding hydrogens is 328 g/mol. The van der Waals surface area contributed by atoms with Gasteiger partial charge in [0.05, 0.1) is 0 Å². The molecule has 2 unspecified atom stereocenters. The third-order valence-electron chi connectivity index (χ3n) is 5.18. The predicted octanol–water partition coefficient (Wildman–Crippen LogP) is 3.00. The Morgan fingerprint density at radius 2 is 1.92 bits per heavy atom. The van der Waals surface area contributed by atoms with Crippen molar-refractivity contribution in [3.05, 3.63) is 58.3 Å². The molecule has 2 aliphatic rings. The molecule has 1 N–H and O–H groups in total. The smallest absolute Gasteiger partial charge is 0.193 e. The first kappa shape index (κ1) is 16.6. The number of guanidine groups is 1. The van der Waals surface area contributed by atoms with Gasteiger partial charge in [0, 0.05) is 56.6 Å². The molecule has 2 atom stereocenters. The lowest BCUT2D eigenvalue weighted by atomic mass is 10.1. The second-order valence-electron chi connectivity index (χ2n) is 6.89. The standard InChI is InChI=1S/C20H26N4S/c1-21-20(22-19-14-18(19)16-6-3-2-4-7-16)24-11-9-23(10-12-24)15-17-8-5-13-25-17/h2-8,13,18-19H,9-12,14-15H2,1H3,(H,21,22). The Balaban J connectivity index is 1.27. The van der Waals surface area contributed by atoms with Gasteiger partial charge in [-0.1, -0.05) is 36.4 Å². The summed E-state index contributed by atoms with van der Waals surface area (Å²) in [5.41, 5.74) is 1.44. The molecule has 5 heteroatoms. The molecule has 0 bridgehead atoms. The van der Waals surface area contributed by atoms with Crippen LogP contribution in [0.2, 0.25) is 0 Å². The van der Waals surface area contributed by atoms with Crippen LogP contribution in [0.25, 0.3) is 0 Å². The number of aliphatic imine (C=N–C) groups is 1. The van der Waals surface area contributed by atoms with Crippen LogP contribution in [0.1, 0.15) is 22.8 Å². The third-order valence-corrected chi connectivity index (χ3v) is 6.04. The molecule has 0 amide bonds. The lowest BCUT2D eigenvalue weighted by Crippen LogP contribution is -2.52. The average molecular weight is 355 g/mol. The van der Waals surface area contributed by atoms with Crippen LogP contribution in [0.4, 0.5) is 0 Å². The first-order chi connectivity index (χ1) is 12.3. The van der Waals surface area contributed by atoms with Crippen molar-refractivity contribution in [2.75, 3.05) is 33.2 Å². The molecule has 25 heavy (non-hydrogen) atoms. The molecule has 1 saturated carbocycles. The van der Waals surface area contributed by atoms with Gasteiger partial charge in [-0.15, -0.1) is 11.3 Å². The Kier molecular flexibility index (Phi) is 5.04. The Labute approximate surface area is 154 Å². The fourth-order valence-corrected chi connectivity index (χ4v) is 4.37. The lowest BCUT2D eigenvalue weighted by Gasteiger charge is -2.36. The van der Waals surface area contributed by atoms with Gasteiger partial charge >= 0.3 is 0 Å². The van der Waals surface area contributed by atoms with E-state index in [1.165, 1.54) is 16.9 Å². The van der Waals surface area contributed by atoms with E-state index in [2.05, 4.69) is 68.0 Å². The topological polar surface area (TPSA) is 30.9 Å².